The van der Waals surface area contributed by atoms with Gasteiger partial charge in [0.05, 0.1) is 7.11 Å². The number of nitrogens with zero attached hydrogens (tertiary/aromatic N) is 1. The van der Waals surface area contributed by atoms with Crippen molar-refractivity contribution in [1.82, 2.24) is 5.32 Å². The second-order valence-electron chi connectivity index (χ2n) is 6.77. The third kappa shape index (κ3) is 4.92. The van der Waals surface area contributed by atoms with E-state index >= 15 is 0 Å². The number of benzene rings is 1. The number of hydrogen-bond acceptors (Lipinski definition) is 3. The Morgan fingerprint density at radius 1 is 1.29 bits per heavy atom. The maximum absolute atomic E-state index is 5.23. The lowest BCUT2D eigenvalue weighted by molar-refractivity contribution is 0.283. The van der Waals surface area contributed by atoms with E-state index in [4.69, 9.17) is 4.74 Å². The molecule has 0 saturated heterocycles. The second-order valence-corrected chi connectivity index (χ2v) is 6.77. The first-order valence-corrected chi connectivity index (χ1v) is 8.15. The highest BCUT2D eigenvalue weighted by atomic mass is 16.5. The fraction of sp³-hybridized carbons (Fsp3) is 0.667. The standard InChI is InChI=1S/C18H30N2O/c1-5-12-18(2,13-19-15-6-7-15)14-20(3)16-8-10-17(21-4)11-9-16/h8-11,15,19H,5-7,12-14H2,1-4H3. The molecule has 2 rings (SSSR count). The molecule has 0 heterocycles. The van der Waals surface area contributed by atoms with Gasteiger partial charge in [-0.1, -0.05) is 20.3 Å². The fourth-order valence-corrected chi connectivity index (χ4v) is 3.01. The Labute approximate surface area is 129 Å². The highest BCUT2D eigenvalue weighted by molar-refractivity contribution is 5.48. The summed E-state index contributed by atoms with van der Waals surface area (Å²) < 4.78 is 5.23. The predicted octanol–water partition coefficient (Wildman–Crippen LogP) is 3.69. The van der Waals surface area contributed by atoms with Crippen molar-refractivity contribution in [1.29, 1.82) is 0 Å². The molecule has 0 aromatic heterocycles. The van der Waals surface area contributed by atoms with Gasteiger partial charge in [0, 0.05) is 31.9 Å². The lowest BCUT2D eigenvalue weighted by atomic mass is 9.84. The second kappa shape index (κ2) is 7.17. The Morgan fingerprint density at radius 2 is 1.95 bits per heavy atom. The van der Waals surface area contributed by atoms with Gasteiger partial charge in [-0.2, -0.15) is 0 Å². The molecule has 21 heavy (non-hydrogen) atoms. The van der Waals surface area contributed by atoms with Crippen LogP contribution in [0.25, 0.3) is 0 Å². The highest BCUT2D eigenvalue weighted by Crippen LogP contribution is 2.29. The minimum atomic E-state index is 0.325. The van der Waals surface area contributed by atoms with E-state index in [2.05, 4.69) is 43.2 Å². The summed E-state index contributed by atoms with van der Waals surface area (Å²) in [6, 6.07) is 9.13. The van der Waals surface area contributed by atoms with E-state index in [1.54, 1.807) is 7.11 Å². The van der Waals surface area contributed by atoms with Crippen molar-refractivity contribution in [2.45, 2.75) is 45.6 Å². The first kappa shape index (κ1) is 16.2. The molecule has 0 amide bonds. The summed E-state index contributed by atoms with van der Waals surface area (Å²) in [4.78, 5) is 2.36. The van der Waals surface area contributed by atoms with Crippen LogP contribution in [0.15, 0.2) is 24.3 Å². The van der Waals surface area contributed by atoms with Gasteiger partial charge in [0.2, 0.25) is 0 Å². The summed E-state index contributed by atoms with van der Waals surface area (Å²) >= 11 is 0. The minimum absolute atomic E-state index is 0.325. The largest absolute Gasteiger partial charge is 0.497 e. The molecule has 1 saturated carbocycles. The average Bonchev–Trinajstić information content (AvgIpc) is 3.30. The van der Waals surface area contributed by atoms with Crippen LogP contribution >= 0.6 is 0 Å². The van der Waals surface area contributed by atoms with Gasteiger partial charge in [-0.25, -0.2) is 0 Å². The highest BCUT2D eigenvalue weighted by Gasteiger charge is 2.29. The Morgan fingerprint density at radius 3 is 2.48 bits per heavy atom. The summed E-state index contributed by atoms with van der Waals surface area (Å²) in [5.41, 5.74) is 1.58. The Bertz CT molecular complexity index is 427. The number of anilines is 1. The van der Waals surface area contributed by atoms with E-state index in [9.17, 15) is 0 Å². The van der Waals surface area contributed by atoms with Crippen molar-refractivity contribution in [2.24, 2.45) is 5.41 Å². The zero-order valence-electron chi connectivity index (χ0n) is 14.0. The van der Waals surface area contributed by atoms with E-state index < -0.39 is 0 Å². The molecule has 3 nitrogen and oxygen atoms in total. The maximum atomic E-state index is 5.23. The molecule has 3 heteroatoms. The maximum Gasteiger partial charge on any atom is 0.119 e. The number of methoxy groups -OCH3 is 1. The zero-order chi connectivity index (χ0) is 15.3. The summed E-state index contributed by atoms with van der Waals surface area (Å²) in [5.74, 6) is 0.916. The molecule has 1 fully saturated rings. The first-order valence-electron chi connectivity index (χ1n) is 8.15. The molecule has 1 aliphatic carbocycles. The normalized spacial score (nSPS) is 17.3. The molecule has 1 aromatic rings. The fourth-order valence-electron chi connectivity index (χ4n) is 3.01. The molecule has 1 unspecified atom stereocenters. The smallest absolute Gasteiger partial charge is 0.119 e. The van der Waals surface area contributed by atoms with Crippen LogP contribution in [0.4, 0.5) is 5.69 Å². The van der Waals surface area contributed by atoms with Crippen molar-refractivity contribution < 1.29 is 4.74 Å². The van der Waals surface area contributed by atoms with Crippen LogP contribution in [0.2, 0.25) is 0 Å². The Balaban J connectivity index is 1.96. The molecule has 1 aliphatic rings. The molecule has 1 atom stereocenters. The lowest BCUT2D eigenvalue weighted by Crippen LogP contribution is -2.41. The number of rotatable bonds is 9. The SMILES string of the molecule is CCCC(C)(CNC1CC1)CN(C)c1ccc(OC)cc1. The van der Waals surface area contributed by atoms with Crippen LogP contribution in [-0.4, -0.2) is 33.3 Å². The van der Waals surface area contributed by atoms with Crippen molar-refractivity contribution in [3.8, 4) is 5.75 Å². The van der Waals surface area contributed by atoms with Crippen LogP contribution < -0.4 is 15.0 Å². The predicted molar refractivity (Wildman–Crippen MR) is 90.3 cm³/mol. The van der Waals surface area contributed by atoms with E-state index in [0.717, 1.165) is 24.9 Å². The monoisotopic (exact) mass is 290 g/mol. The molecule has 0 radical (unpaired) electrons. The van der Waals surface area contributed by atoms with Crippen LogP contribution in [0.1, 0.15) is 39.5 Å². The van der Waals surface area contributed by atoms with E-state index in [-0.39, 0.29) is 0 Å². The third-order valence-electron chi connectivity index (χ3n) is 4.38. The van der Waals surface area contributed by atoms with E-state index in [0.29, 0.717) is 5.41 Å². The van der Waals surface area contributed by atoms with Gasteiger partial charge in [-0.3, -0.25) is 0 Å². The molecule has 0 aliphatic heterocycles. The van der Waals surface area contributed by atoms with Crippen LogP contribution in [-0.2, 0) is 0 Å². The summed E-state index contributed by atoms with van der Waals surface area (Å²) in [6.07, 6.45) is 5.21. The molecule has 0 bridgehead atoms. The minimum Gasteiger partial charge on any atom is -0.497 e. The molecular weight excluding hydrogens is 260 g/mol. The van der Waals surface area contributed by atoms with Gasteiger partial charge in [0.25, 0.3) is 0 Å². The molecular formula is C18H30N2O. The first-order chi connectivity index (χ1) is 10.1. The summed E-state index contributed by atoms with van der Waals surface area (Å²) in [7, 11) is 3.90. The summed E-state index contributed by atoms with van der Waals surface area (Å²) in [6.45, 7) is 6.88. The van der Waals surface area contributed by atoms with Crippen molar-refractivity contribution >= 4 is 5.69 Å². The van der Waals surface area contributed by atoms with E-state index in [1.807, 2.05) is 12.1 Å². The molecule has 118 valence electrons. The Hall–Kier alpha value is -1.22. The zero-order valence-corrected chi connectivity index (χ0v) is 14.0. The van der Waals surface area contributed by atoms with Gasteiger partial charge in [0.15, 0.2) is 0 Å². The van der Waals surface area contributed by atoms with Gasteiger partial charge in [-0.05, 0) is 48.9 Å². The molecule has 1 N–H and O–H groups in total. The van der Waals surface area contributed by atoms with Crippen LogP contribution in [0.3, 0.4) is 0 Å². The number of nitrogens with one attached hydrogen (secondary N) is 1. The van der Waals surface area contributed by atoms with Gasteiger partial charge < -0.3 is 15.0 Å². The molecule has 1 aromatic carbocycles. The Kier molecular flexibility index (Phi) is 5.51. The van der Waals surface area contributed by atoms with Crippen molar-refractivity contribution in [3.63, 3.8) is 0 Å². The van der Waals surface area contributed by atoms with Crippen LogP contribution in [0.5, 0.6) is 5.75 Å². The average molecular weight is 290 g/mol. The van der Waals surface area contributed by atoms with Gasteiger partial charge >= 0.3 is 0 Å². The van der Waals surface area contributed by atoms with E-state index in [1.165, 1.54) is 31.4 Å². The van der Waals surface area contributed by atoms with Crippen LogP contribution in [0, 0.1) is 5.41 Å². The topological polar surface area (TPSA) is 24.5 Å². The van der Waals surface area contributed by atoms with Gasteiger partial charge in [0.1, 0.15) is 5.75 Å². The van der Waals surface area contributed by atoms with Gasteiger partial charge in [-0.15, -0.1) is 0 Å². The van der Waals surface area contributed by atoms with Crippen molar-refractivity contribution in [2.75, 3.05) is 32.1 Å². The van der Waals surface area contributed by atoms with Crippen molar-refractivity contribution in [3.05, 3.63) is 24.3 Å². The third-order valence-corrected chi connectivity index (χ3v) is 4.38. The molecule has 0 spiro atoms. The summed E-state index contributed by atoms with van der Waals surface area (Å²) in [5, 5.41) is 3.71. The number of ether oxygens (including phenoxy) is 1. The quantitative estimate of drug-likeness (QED) is 0.750. The number of hydrogen-bond donors (Lipinski definition) is 1. The lowest BCUT2D eigenvalue weighted by Gasteiger charge is -2.35.